The number of benzene rings is 2. The average molecular weight is 393 g/mol. The Hall–Kier alpha value is -3.61. The maximum atomic E-state index is 13.9. The van der Waals surface area contributed by atoms with Gasteiger partial charge in [0.1, 0.15) is 5.82 Å². The molecule has 1 amide bonds. The van der Waals surface area contributed by atoms with Crippen molar-refractivity contribution >= 4 is 17.3 Å². The van der Waals surface area contributed by atoms with Gasteiger partial charge in [0.05, 0.1) is 22.5 Å². The van der Waals surface area contributed by atoms with Crippen LogP contribution in [-0.2, 0) is 5.41 Å². The van der Waals surface area contributed by atoms with Crippen LogP contribution < -0.4 is 5.32 Å². The Morgan fingerprint density at radius 3 is 2.41 bits per heavy atom. The number of nitro groups is 1. The molecule has 0 aliphatic carbocycles. The number of rotatable bonds is 4. The maximum Gasteiger partial charge on any atom is 0.273 e. The fourth-order valence-electron chi connectivity index (χ4n) is 2.96. The molecule has 29 heavy (non-hydrogen) atoms. The van der Waals surface area contributed by atoms with Crippen LogP contribution in [-0.4, -0.2) is 15.8 Å². The summed E-state index contributed by atoms with van der Waals surface area (Å²) < 4.78 is 13.9. The minimum Gasteiger partial charge on any atom is -0.321 e. The predicted octanol–water partition coefficient (Wildman–Crippen LogP) is 5.35. The molecule has 0 fully saturated rings. The number of anilines is 1. The first-order valence-electron chi connectivity index (χ1n) is 8.98. The number of carbonyl (C=O) groups excluding carboxylic acids is 1. The molecule has 0 unspecified atom stereocenters. The molecule has 0 spiro atoms. The van der Waals surface area contributed by atoms with E-state index >= 15 is 0 Å². The smallest absolute Gasteiger partial charge is 0.273 e. The molecule has 0 aliphatic rings. The number of aromatic nitrogens is 1. The second kappa shape index (κ2) is 7.79. The third-order valence-corrected chi connectivity index (χ3v) is 4.44. The van der Waals surface area contributed by atoms with Gasteiger partial charge in [0, 0.05) is 22.8 Å². The van der Waals surface area contributed by atoms with Crippen molar-refractivity contribution in [1.82, 2.24) is 4.98 Å². The molecule has 1 N–H and O–H groups in total. The predicted molar refractivity (Wildman–Crippen MR) is 109 cm³/mol. The highest BCUT2D eigenvalue weighted by Crippen LogP contribution is 2.32. The van der Waals surface area contributed by atoms with Gasteiger partial charge in [-0.2, -0.15) is 0 Å². The number of nitrogens with zero attached hydrogens (tertiary/aromatic N) is 2. The van der Waals surface area contributed by atoms with Gasteiger partial charge in [0.25, 0.3) is 11.6 Å². The van der Waals surface area contributed by atoms with Crippen molar-refractivity contribution in [3.05, 3.63) is 87.9 Å². The van der Waals surface area contributed by atoms with E-state index in [0.717, 1.165) is 0 Å². The van der Waals surface area contributed by atoms with E-state index in [-0.39, 0.29) is 17.1 Å². The van der Waals surface area contributed by atoms with Crippen molar-refractivity contribution in [3.8, 4) is 11.3 Å². The molecule has 0 bridgehead atoms. The van der Waals surface area contributed by atoms with Crippen molar-refractivity contribution in [2.75, 3.05) is 5.32 Å². The average Bonchev–Trinajstić information content (AvgIpc) is 2.68. The number of amides is 1. The number of hydrogen-bond donors (Lipinski definition) is 1. The Balaban J connectivity index is 1.83. The summed E-state index contributed by atoms with van der Waals surface area (Å²) in [7, 11) is 0. The molecule has 0 aliphatic heterocycles. The van der Waals surface area contributed by atoms with Crippen molar-refractivity contribution in [1.29, 1.82) is 0 Å². The lowest BCUT2D eigenvalue weighted by molar-refractivity contribution is -0.386. The highest BCUT2D eigenvalue weighted by Gasteiger charge is 2.26. The molecule has 7 heteroatoms. The summed E-state index contributed by atoms with van der Waals surface area (Å²) in [5.74, 6) is -0.878. The Morgan fingerprint density at radius 2 is 1.83 bits per heavy atom. The number of nitro benzene ring substituents is 1. The summed E-state index contributed by atoms with van der Waals surface area (Å²) in [5, 5.41) is 14.1. The molecule has 2 aromatic carbocycles. The van der Waals surface area contributed by atoms with Crippen LogP contribution in [0.4, 0.5) is 15.8 Å². The number of pyridine rings is 1. The topological polar surface area (TPSA) is 85.1 Å². The summed E-state index contributed by atoms with van der Waals surface area (Å²) in [4.78, 5) is 27.7. The minimum atomic E-state index is -0.492. The van der Waals surface area contributed by atoms with E-state index in [1.54, 1.807) is 42.5 Å². The van der Waals surface area contributed by atoms with Gasteiger partial charge in [-0.3, -0.25) is 19.9 Å². The van der Waals surface area contributed by atoms with Crippen LogP contribution in [0.3, 0.4) is 0 Å². The van der Waals surface area contributed by atoms with Crippen molar-refractivity contribution in [2.45, 2.75) is 26.2 Å². The number of nitrogens with one attached hydrogen (secondary N) is 1. The lowest BCUT2D eigenvalue weighted by Gasteiger charge is -2.19. The van der Waals surface area contributed by atoms with Gasteiger partial charge in [-0.25, -0.2) is 4.39 Å². The van der Waals surface area contributed by atoms with Gasteiger partial charge < -0.3 is 5.32 Å². The van der Waals surface area contributed by atoms with Crippen LogP contribution in [0.2, 0.25) is 0 Å². The van der Waals surface area contributed by atoms with E-state index in [2.05, 4.69) is 10.3 Å². The van der Waals surface area contributed by atoms with E-state index in [1.807, 2.05) is 20.8 Å². The van der Waals surface area contributed by atoms with Crippen molar-refractivity contribution in [3.63, 3.8) is 0 Å². The second-order valence-electron chi connectivity index (χ2n) is 7.61. The maximum absolute atomic E-state index is 13.9. The quantitative estimate of drug-likeness (QED) is 0.478. The van der Waals surface area contributed by atoms with Gasteiger partial charge in [0.2, 0.25) is 0 Å². The Bertz CT molecular complexity index is 1070. The van der Waals surface area contributed by atoms with E-state index in [0.29, 0.717) is 22.5 Å². The van der Waals surface area contributed by atoms with Gasteiger partial charge in [-0.1, -0.05) is 39.0 Å². The summed E-state index contributed by atoms with van der Waals surface area (Å²) in [6.45, 7) is 5.62. The van der Waals surface area contributed by atoms with Crippen molar-refractivity contribution < 1.29 is 14.1 Å². The van der Waals surface area contributed by atoms with Crippen LogP contribution in [0.1, 0.15) is 36.7 Å². The van der Waals surface area contributed by atoms with Gasteiger partial charge in [0.15, 0.2) is 0 Å². The largest absolute Gasteiger partial charge is 0.321 e. The van der Waals surface area contributed by atoms with Crippen LogP contribution in [0, 0.1) is 15.9 Å². The van der Waals surface area contributed by atoms with E-state index < -0.39 is 16.2 Å². The molecular formula is C22H20FN3O3. The van der Waals surface area contributed by atoms with Gasteiger partial charge in [-0.15, -0.1) is 0 Å². The first-order valence-corrected chi connectivity index (χ1v) is 8.98. The Morgan fingerprint density at radius 1 is 1.10 bits per heavy atom. The molecule has 0 saturated heterocycles. The first-order chi connectivity index (χ1) is 13.7. The molecule has 6 nitrogen and oxygen atoms in total. The van der Waals surface area contributed by atoms with Crippen LogP contribution in [0.15, 0.2) is 60.8 Å². The molecule has 3 aromatic rings. The summed E-state index contributed by atoms with van der Waals surface area (Å²) in [5.41, 5.74) is 1.39. The summed E-state index contributed by atoms with van der Waals surface area (Å²) in [6.07, 6.45) is 1.41. The summed E-state index contributed by atoms with van der Waals surface area (Å²) >= 11 is 0. The SMILES string of the molecule is CC(C)(C)c1ccc(C(=O)Nc2ccc(-c3ccccc3F)nc2)cc1[N+](=O)[O-]. The molecule has 1 aromatic heterocycles. The molecule has 1 heterocycles. The molecule has 0 radical (unpaired) electrons. The van der Waals surface area contributed by atoms with Gasteiger partial charge >= 0.3 is 0 Å². The van der Waals surface area contributed by atoms with Gasteiger partial charge in [-0.05, 0) is 35.7 Å². The van der Waals surface area contributed by atoms with E-state index in [1.165, 1.54) is 18.3 Å². The van der Waals surface area contributed by atoms with Crippen LogP contribution in [0.5, 0.6) is 0 Å². The molecule has 148 valence electrons. The first kappa shape index (κ1) is 20.1. The fraction of sp³-hybridized carbons (Fsp3) is 0.182. The Kier molecular flexibility index (Phi) is 5.41. The van der Waals surface area contributed by atoms with E-state index in [9.17, 15) is 19.3 Å². The Labute approximate surface area is 167 Å². The highest BCUT2D eigenvalue weighted by molar-refractivity contribution is 6.04. The number of halogens is 1. The molecule has 0 atom stereocenters. The van der Waals surface area contributed by atoms with E-state index in [4.69, 9.17) is 0 Å². The standard InChI is InChI=1S/C22H20FN3O3/c1-22(2,3)17-10-8-14(12-20(17)26(28)29)21(27)25-15-9-11-19(24-13-15)16-6-4-5-7-18(16)23/h4-13H,1-3H3,(H,25,27). The fourth-order valence-corrected chi connectivity index (χ4v) is 2.96. The zero-order chi connectivity index (χ0) is 21.2. The molecule has 0 saturated carbocycles. The molecular weight excluding hydrogens is 373 g/mol. The number of carbonyl (C=O) groups is 1. The highest BCUT2D eigenvalue weighted by atomic mass is 19.1. The minimum absolute atomic E-state index is 0.0989. The molecule has 3 rings (SSSR count). The monoisotopic (exact) mass is 393 g/mol. The van der Waals surface area contributed by atoms with Crippen LogP contribution in [0.25, 0.3) is 11.3 Å². The lowest BCUT2D eigenvalue weighted by Crippen LogP contribution is -2.16. The lowest BCUT2D eigenvalue weighted by atomic mass is 9.85. The number of hydrogen-bond acceptors (Lipinski definition) is 4. The summed E-state index contributed by atoms with van der Waals surface area (Å²) in [6, 6.07) is 13.9. The third kappa shape index (κ3) is 4.45. The van der Waals surface area contributed by atoms with Crippen LogP contribution >= 0.6 is 0 Å². The zero-order valence-corrected chi connectivity index (χ0v) is 16.3. The second-order valence-corrected chi connectivity index (χ2v) is 7.61. The zero-order valence-electron chi connectivity index (χ0n) is 16.3. The normalized spacial score (nSPS) is 11.2. The third-order valence-electron chi connectivity index (χ3n) is 4.44. The van der Waals surface area contributed by atoms with Crippen molar-refractivity contribution in [2.24, 2.45) is 0 Å².